The molecule has 2 aromatic carbocycles. The topological polar surface area (TPSA) is 75.7 Å². The molecule has 1 aliphatic heterocycles. The van der Waals surface area contributed by atoms with Crippen LogP contribution >= 0.6 is 0 Å². The lowest BCUT2D eigenvalue weighted by atomic mass is 10.1. The van der Waals surface area contributed by atoms with Gasteiger partial charge in [0.1, 0.15) is 12.4 Å². The molecule has 2 amide bonds. The van der Waals surface area contributed by atoms with Gasteiger partial charge in [0.15, 0.2) is 6.10 Å². The molecule has 7 heteroatoms. The first kappa shape index (κ1) is 16.6. The highest BCUT2D eigenvalue weighted by atomic mass is 19.1. The highest BCUT2D eigenvalue weighted by Gasteiger charge is 2.31. The molecule has 0 fully saturated rings. The average Bonchev–Trinajstić information content (AvgIpc) is 2.60. The Morgan fingerprint density at radius 2 is 1.84 bits per heavy atom. The van der Waals surface area contributed by atoms with Gasteiger partial charge in [-0.25, -0.2) is 9.18 Å². The Morgan fingerprint density at radius 1 is 1.16 bits per heavy atom. The maximum atomic E-state index is 13.6. The molecule has 0 saturated heterocycles. The highest BCUT2D eigenvalue weighted by Crippen LogP contribution is 2.29. The number of hydrogen-bond donors (Lipinski definition) is 1. The third-order valence-electron chi connectivity index (χ3n) is 3.76. The van der Waals surface area contributed by atoms with E-state index in [-0.39, 0.29) is 18.0 Å². The fraction of sp³-hybridized carbons (Fsp3) is 0.167. The van der Waals surface area contributed by atoms with Crippen LogP contribution in [-0.4, -0.2) is 30.4 Å². The Labute approximate surface area is 143 Å². The molecule has 6 nitrogen and oxygen atoms in total. The summed E-state index contributed by atoms with van der Waals surface area (Å²) in [6, 6.07) is 12.2. The molecular weight excluding hydrogens is 327 g/mol. The number of halogens is 1. The summed E-state index contributed by atoms with van der Waals surface area (Å²) in [6.07, 6.45) is -1.17. The number of carbonyl (C=O) groups excluding carboxylic acids is 3. The van der Waals surface area contributed by atoms with Crippen LogP contribution in [-0.2, 0) is 14.3 Å². The average molecular weight is 342 g/mol. The van der Waals surface area contributed by atoms with Crippen molar-refractivity contribution >= 4 is 29.2 Å². The van der Waals surface area contributed by atoms with Crippen LogP contribution in [0, 0.1) is 5.82 Å². The maximum absolute atomic E-state index is 13.6. The molecular formula is C18H15FN2O4. The number of para-hydroxylation sites is 2. The Kier molecular flexibility index (Phi) is 4.47. The molecule has 1 heterocycles. The molecule has 0 saturated carbocycles. The summed E-state index contributed by atoms with van der Waals surface area (Å²) in [5.41, 5.74) is 0.763. The number of fused-ring (bicyclic) bond motifs is 1. The molecule has 0 aromatic heterocycles. The van der Waals surface area contributed by atoms with Crippen LogP contribution < -0.4 is 10.2 Å². The molecule has 1 N–H and O–H groups in total. The summed E-state index contributed by atoms with van der Waals surface area (Å²) in [5, 5.41) is 2.67. The summed E-state index contributed by atoms with van der Waals surface area (Å²) in [4.78, 5) is 37.7. The molecule has 0 spiro atoms. The summed E-state index contributed by atoms with van der Waals surface area (Å²) in [5.74, 6) is -2.57. The predicted molar refractivity (Wildman–Crippen MR) is 88.7 cm³/mol. The number of ether oxygens (including phenoxy) is 1. The first-order valence-electron chi connectivity index (χ1n) is 7.63. The van der Waals surface area contributed by atoms with Crippen molar-refractivity contribution in [3.8, 4) is 0 Å². The van der Waals surface area contributed by atoms with Gasteiger partial charge in [-0.2, -0.15) is 0 Å². The number of benzene rings is 2. The molecule has 0 unspecified atom stereocenters. The molecule has 1 aliphatic rings. The fourth-order valence-corrected chi connectivity index (χ4v) is 2.55. The van der Waals surface area contributed by atoms with Crippen molar-refractivity contribution in [2.75, 3.05) is 16.8 Å². The third kappa shape index (κ3) is 3.35. The van der Waals surface area contributed by atoms with Gasteiger partial charge in [0, 0.05) is 0 Å². The third-order valence-corrected chi connectivity index (χ3v) is 3.76. The zero-order valence-electron chi connectivity index (χ0n) is 13.4. The molecule has 0 radical (unpaired) electrons. The Balaban J connectivity index is 1.78. The van der Waals surface area contributed by atoms with Crippen molar-refractivity contribution in [3.63, 3.8) is 0 Å². The van der Waals surface area contributed by atoms with E-state index in [2.05, 4.69) is 5.32 Å². The molecule has 1 atom stereocenters. The first-order chi connectivity index (χ1) is 12.0. The van der Waals surface area contributed by atoms with E-state index in [9.17, 15) is 18.8 Å². The largest absolute Gasteiger partial charge is 0.449 e. The van der Waals surface area contributed by atoms with Gasteiger partial charge < -0.3 is 10.1 Å². The zero-order chi connectivity index (χ0) is 18.0. The van der Waals surface area contributed by atoms with Gasteiger partial charge in [-0.3, -0.25) is 14.5 Å². The standard InChI is InChI=1S/C18H15FN2O4/c1-11(25-18(24)12-6-2-3-7-13(12)19)17(23)21-10-16(22)20-14-8-4-5-9-15(14)21/h2-9,11H,10H2,1H3,(H,20,22)/t11-/m1/s1. The minimum absolute atomic E-state index is 0.183. The lowest BCUT2D eigenvalue weighted by Crippen LogP contribution is -2.47. The Hall–Kier alpha value is -3.22. The molecule has 2 aromatic rings. The highest BCUT2D eigenvalue weighted by molar-refractivity contribution is 6.11. The lowest BCUT2D eigenvalue weighted by Gasteiger charge is -2.30. The zero-order valence-corrected chi connectivity index (χ0v) is 13.4. The van der Waals surface area contributed by atoms with E-state index >= 15 is 0 Å². The van der Waals surface area contributed by atoms with Crippen LogP contribution in [0.5, 0.6) is 0 Å². The van der Waals surface area contributed by atoms with Crippen molar-refractivity contribution in [3.05, 3.63) is 59.9 Å². The quantitative estimate of drug-likeness (QED) is 0.869. The van der Waals surface area contributed by atoms with Crippen LogP contribution in [0.15, 0.2) is 48.5 Å². The van der Waals surface area contributed by atoms with E-state index in [1.807, 2.05) is 0 Å². The Bertz CT molecular complexity index is 852. The normalized spacial score (nSPS) is 14.3. The molecule has 0 aliphatic carbocycles. The summed E-state index contributed by atoms with van der Waals surface area (Å²) in [6.45, 7) is 1.20. The SMILES string of the molecule is C[C@@H](OC(=O)c1ccccc1F)C(=O)N1CC(=O)Nc2ccccc21. The second-order valence-electron chi connectivity index (χ2n) is 5.52. The number of amides is 2. The number of nitrogens with one attached hydrogen (secondary N) is 1. The van der Waals surface area contributed by atoms with Gasteiger partial charge in [-0.05, 0) is 31.2 Å². The van der Waals surface area contributed by atoms with Gasteiger partial charge in [0.2, 0.25) is 5.91 Å². The van der Waals surface area contributed by atoms with E-state index in [1.165, 1.54) is 30.0 Å². The van der Waals surface area contributed by atoms with E-state index in [1.54, 1.807) is 24.3 Å². The van der Waals surface area contributed by atoms with E-state index in [0.29, 0.717) is 11.4 Å². The number of rotatable bonds is 3. The summed E-state index contributed by atoms with van der Waals surface area (Å²) < 4.78 is 18.7. The van der Waals surface area contributed by atoms with E-state index < -0.39 is 23.8 Å². The number of nitrogens with zero attached hydrogens (tertiary/aromatic N) is 1. The van der Waals surface area contributed by atoms with Gasteiger partial charge in [-0.15, -0.1) is 0 Å². The van der Waals surface area contributed by atoms with E-state index in [0.717, 1.165) is 6.07 Å². The second-order valence-corrected chi connectivity index (χ2v) is 5.52. The van der Waals surface area contributed by atoms with Gasteiger partial charge >= 0.3 is 5.97 Å². The summed E-state index contributed by atoms with van der Waals surface area (Å²) >= 11 is 0. The van der Waals surface area contributed by atoms with Crippen molar-refractivity contribution in [2.24, 2.45) is 0 Å². The van der Waals surface area contributed by atoms with Crippen LogP contribution in [0.3, 0.4) is 0 Å². The molecule has 3 rings (SSSR count). The van der Waals surface area contributed by atoms with Crippen LogP contribution in [0.2, 0.25) is 0 Å². The van der Waals surface area contributed by atoms with E-state index in [4.69, 9.17) is 4.74 Å². The monoisotopic (exact) mass is 342 g/mol. The number of esters is 1. The number of carbonyl (C=O) groups is 3. The summed E-state index contributed by atoms with van der Waals surface area (Å²) in [7, 11) is 0. The minimum atomic E-state index is -1.17. The molecule has 25 heavy (non-hydrogen) atoms. The van der Waals surface area contributed by atoms with Crippen LogP contribution in [0.4, 0.5) is 15.8 Å². The van der Waals surface area contributed by atoms with Gasteiger partial charge in [-0.1, -0.05) is 24.3 Å². The molecule has 0 bridgehead atoms. The van der Waals surface area contributed by atoms with Gasteiger partial charge in [0.25, 0.3) is 5.91 Å². The minimum Gasteiger partial charge on any atom is -0.449 e. The van der Waals surface area contributed by atoms with Crippen LogP contribution in [0.1, 0.15) is 17.3 Å². The smallest absolute Gasteiger partial charge is 0.341 e. The van der Waals surface area contributed by atoms with Gasteiger partial charge in [0.05, 0.1) is 16.9 Å². The molecule has 128 valence electrons. The first-order valence-corrected chi connectivity index (χ1v) is 7.63. The lowest BCUT2D eigenvalue weighted by molar-refractivity contribution is -0.128. The number of hydrogen-bond acceptors (Lipinski definition) is 4. The number of anilines is 2. The Morgan fingerprint density at radius 3 is 2.60 bits per heavy atom. The van der Waals surface area contributed by atoms with Crippen molar-refractivity contribution < 1.29 is 23.5 Å². The predicted octanol–water partition coefficient (Wildman–Crippen LogP) is 2.36. The van der Waals surface area contributed by atoms with Crippen molar-refractivity contribution in [1.82, 2.24) is 0 Å². The second kappa shape index (κ2) is 6.72. The van der Waals surface area contributed by atoms with Crippen LogP contribution in [0.25, 0.3) is 0 Å². The maximum Gasteiger partial charge on any atom is 0.341 e. The fourth-order valence-electron chi connectivity index (χ4n) is 2.55. The van der Waals surface area contributed by atoms with Crippen molar-refractivity contribution in [2.45, 2.75) is 13.0 Å². The van der Waals surface area contributed by atoms with Crippen molar-refractivity contribution in [1.29, 1.82) is 0 Å².